The van der Waals surface area contributed by atoms with E-state index in [-0.39, 0.29) is 12.0 Å². The summed E-state index contributed by atoms with van der Waals surface area (Å²) in [6.45, 7) is 3.53. The van der Waals surface area contributed by atoms with Crippen molar-refractivity contribution < 1.29 is 9.53 Å². The number of morpholine rings is 1. The fourth-order valence-electron chi connectivity index (χ4n) is 2.64. The third-order valence-electron chi connectivity index (χ3n) is 3.69. The van der Waals surface area contributed by atoms with Gasteiger partial charge in [0.25, 0.3) is 5.91 Å². The second-order valence-electron chi connectivity index (χ2n) is 5.32. The number of aromatic nitrogens is 4. The van der Waals surface area contributed by atoms with E-state index in [0.717, 1.165) is 11.5 Å². The first-order valence-electron chi connectivity index (χ1n) is 6.94. The summed E-state index contributed by atoms with van der Waals surface area (Å²) in [7, 11) is 3.76. The van der Waals surface area contributed by atoms with E-state index in [4.69, 9.17) is 4.74 Å². The molecule has 2 aromatic rings. The van der Waals surface area contributed by atoms with Crippen molar-refractivity contribution in [3.8, 4) is 0 Å². The van der Waals surface area contributed by atoms with Gasteiger partial charge in [0, 0.05) is 39.2 Å². The molecule has 21 heavy (non-hydrogen) atoms. The summed E-state index contributed by atoms with van der Waals surface area (Å²) in [5.41, 5.74) is 0.948. The average Bonchev–Trinajstić information content (AvgIpc) is 3.03. The van der Waals surface area contributed by atoms with E-state index in [1.165, 1.54) is 0 Å². The van der Waals surface area contributed by atoms with Crippen LogP contribution in [0.25, 0.3) is 0 Å². The van der Waals surface area contributed by atoms with Crippen LogP contribution in [0.1, 0.15) is 28.2 Å². The van der Waals surface area contributed by atoms with E-state index in [1.807, 2.05) is 31.8 Å². The van der Waals surface area contributed by atoms with Crippen molar-refractivity contribution in [1.29, 1.82) is 0 Å². The van der Waals surface area contributed by atoms with Crippen LogP contribution in [-0.2, 0) is 18.8 Å². The lowest BCUT2D eigenvalue weighted by Gasteiger charge is -2.32. The lowest BCUT2D eigenvalue weighted by atomic mass is 10.2. The first-order valence-corrected chi connectivity index (χ1v) is 6.94. The van der Waals surface area contributed by atoms with Crippen molar-refractivity contribution in [3.05, 3.63) is 35.9 Å². The first-order chi connectivity index (χ1) is 10.1. The van der Waals surface area contributed by atoms with Crippen molar-refractivity contribution in [3.63, 3.8) is 0 Å². The highest BCUT2D eigenvalue weighted by Crippen LogP contribution is 2.22. The van der Waals surface area contributed by atoms with Gasteiger partial charge in [-0.25, -0.2) is 9.97 Å². The molecule has 0 spiro atoms. The average molecular weight is 289 g/mol. The summed E-state index contributed by atoms with van der Waals surface area (Å²) in [5, 5.41) is 0. The highest BCUT2D eigenvalue weighted by atomic mass is 16.5. The molecule has 0 saturated carbocycles. The smallest absolute Gasteiger partial charge is 0.290 e. The Kier molecular flexibility index (Phi) is 3.50. The Bertz CT molecular complexity index is 660. The van der Waals surface area contributed by atoms with E-state index >= 15 is 0 Å². The summed E-state index contributed by atoms with van der Waals surface area (Å²) in [4.78, 5) is 22.9. The lowest BCUT2D eigenvalue weighted by molar-refractivity contribution is -0.0284. The summed E-state index contributed by atoms with van der Waals surface area (Å²) in [5.74, 6) is 1.23. The summed E-state index contributed by atoms with van der Waals surface area (Å²) >= 11 is 0. The van der Waals surface area contributed by atoms with Gasteiger partial charge in [0.1, 0.15) is 11.9 Å². The molecule has 3 rings (SSSR count). The monoisotopic (exact) mass is 289 g/mol. The minimum absolute atomic E-state index is 0.0678. The van der Waals surface area contributed by atoms with Crippen molar-refractivity contribution in [2.24, 2.45) is 14.1 Å². The number of imidazole rings is 2. The largest absolute Gasteiger partial charge is 0.367 e. The third-order valence-corrected chi connectivity index (χ3v) is 3.69. The second-order valence-corrected chi connectivity index (χ2v) is 5.32. The van der Waals surface area contributed by atoms with Crippen LogP contribution in [0, 0.1) is 6.92 Å². The molecule has 0 aromatic carbocycles. The maximum Gasteiger partial charge on any atom is 0.290 e. The molecule has 1 aliphatic heterocycles. The normalized spacial score (nSPS) is 19.0. The van der Waals surface area contributed by atoms with Crippen LogP contribution in [0.3, 0.4) is 0 Å². The predicted molar refractivity (Wildman–Crippen MR) is 75.7 cm³/mol. The number of nitrogens with zero attached hydrogens (tertiary/aromatic N) is 5. The minimum Gasteiger partial charge on any atom is -0.367 e. The molecule has 1 unspecified atom stereocenters. The summed E-state index contributed by atoms with van der Waals surface area (Å²) < 4.78 is 9.47. The molecule has 1 atom stereocenters. The Hall–Kier alpha value is -2.15. The van der Waals surface area contributed by atoms with Gasteiger partial charge in [0.2, 0.25) is 0 Å². The molecular formula is C14H19N5O2. The van der Waals surface area contributed by atoms with E-state index < -0.39 is 0 Å². The first kappa shape index (κ1) is 13.8. The zero-order chi connectivity index (χ0) is 15.0. The Morgan fingerprint density at radius 2 is 2.19 bits per heavy atom. The van der Waals surface area contributed by atoms with Crippen LogP contribution in [0.4, 0.5) is 0 Å². The second kappa shape index (κ2) is 5.33. The predicted octanol–water partition coefficient (Wildman–Crippen LogP) is 0.676. The van der Waals surface area contributed by atoms with Crippen LogP contribution in [0.2, 0.25) is 0 Å². The van der Waals surface area contributed by atoms with E-state index in [2.05, 4.69) is 9.97 Å². The molecule has 112 valence electrons. The Balaban J connectivity index is 1.79. The number of hydrogen-bond acceptors (Lipinski definition) is 4. The van der Waals surface area contributed by atoms with Crippen LogP contribution >= 0.6 is 0 Å². The van der Waals surface area contributed by atoms with Crippen molar-refractivity contribution >= 4 is 5.91 Å². The number of amides is 1. The fourth-order valence-corrected chi connectivity index (χ4v) is 2.64. The summed E-state index contributed by atoms with van der Waals surface area (Å²) in [6, 6.07) is 0. The molecule has 7 heteroatoms. The van der Waals surface area contributed by atoms with Gasteiger partial charge in [-0.3, -0.25) is 4.79 Å². The van der Waals surface area contributed by atoms with Gasteiger partial charge in [-0.2, -0.15) is 0 Å². The quantitative estimate of drug-likeness (QED) is 0.815. The number of rotatable bonds is 2. The Morgan fingerprint density at radius 1 is 1.38 bits per heavy atom. The van der Waals surface area contributed by atoms with Gasteiger partial charge < -0.3 is 18.8 Å². The van der Waals surface area contributed by atoms with Crippen LogP contribution in [-0.4, -0.2) is 49.6 Å². The Morgan fingerprint density at radius 3 is 2.81 bits per heavy atom. The molecule has 2 aromatic heterocycles. The maximum atomic E-state index is 12.5. The van der Waals surface area contributed by atoms with E-state index in [0.29, 0.717) is 25.5 Å². The summed E-state index contributed by atoms with van der Waals surface area (Å²) in [6.07, 6.45) is 5.17. The Labute approximate surface area is 123 Å². The zero-order valence-electron chi connectivity index (χ0n) is 12.5. The molecule has 1 saturated heterocycles. The molecule has 1 fully saturated rings. The molecule has 0 aliphatic carbocycles. The molecule has 1 amide bonds. The van der Waals surface area contributed by atoms with E-state index in [9.17, 15) is 4.79 Å². The van der Waals surface area contributed by atoms with Gasteiger partial charge in [-0.15, -0.1) is 0 Å². The highest BCUT2D eigenvalue weighted by Gasteiger charge is 2.30. The zero-order valence-corrected chi connectivity index (χ0v) is 12.5. The number of carbonyl (C=O) groups excluding carboxylic acids is 1. The van der Waals surface area contributed by atoms with Crippen LogP contribution in [0.5, 0.6) is 0 Å². The van der Waals surface area contributed by atoms with Crippen molar-refractivity contribution in [2.45, 2.75) is 13.0 Å². The molecule has 0 N–H and O–H groups in total. The fraction of sp³-hybridized carbons (Fsp3) is 0.500. The van der Waals surface area contributed by atoms with Gasteiger partial charge in [-0.1, -0.05) is 0 Å². The number of carbonyl (C=O) groups is 1. The SMILES string of the molecule is Cc1cn(C)c(C2CN(C(=O)c3nccn3C)CCO2)n1. The van der Waals surface area contributed by atoms with Gasteiger partial charge in [0.15, 0.2) is 5.82 Å². The van der Waals surface area contributed by atoms with Crippen LogP contribution in [0.15, 0.2) is 18.6 Å². The number of hydrogen-bond donors (Lipinski definition) is 0. The van der Waals surface area contributed by atoms with Crippen molar-refractivity contribution in [2.75, 3.05) is 19.7 Å². The molecule has 0 bridgehead atoms. The molecule has 3 heterocycles. The van der Waals surface area contributed by atoms with E-state index in [1.54, 1.807) is 21.9 Å². The molecule has 0 radical (unpaired) electrons. The van der Waals surface area contributed by atoms with Crippen molar-refractivity contribution in [1.82, 2.24) is 24.0 Å². The molecule has 1 aliphatic rings. The minimum atomic E-state index is -0.193. The molecule has 7 nitrogen and oxygen atoms in total. The topological polar surface area (TPSA) is 65.2 Å². The molecular weight excluding hydrogens is 270 g/mol. The number of aryl methyl sites for hydroxylation is 3. The van der Waals surface area contributed by atoms with Gasteiger partial charge in [-0.05, 0) is 6.92 Å². The number of ether oxygens (including phenoxy) is 1. The van der Waals surface area contributed by atoms with Crippen LogP contribution < -0.4 is 0 Å². The highest BCUT2D eigenvalue weighted by molar-refractivity contribution is 5.90. The van der Waals surface area contributed by atoms with Gasteiger partial charge in [0.05, 0.1) is 18.8 Å². The third kappa shape index (κ3) is 2.56. The standard InChI is InChI=1S/C14H19N5O2/c1-10-8-18(3)12(16-10)11-9-19(6-7-21-11)14(20)13-15-4-5-17(13)2/h4-5,8,11H,6-7,9H2,1-3H3. The lowest BCUT2D eigenvalue weighted by Crippen LogP contribution is -2.43. The van der Waals surface area contributed by atoms with Gasteiger partial charge >= 0.3 is 0 Å². The maximum absolute atomic E-state index is 12.5.